The van der Waals surface area contributed by atoms with Crippen molar-refractivity contribution in [3.8, 4) is 6.07 Å². The van der Waals surface area contributed by atoms with E-state index in [9.17, 15) is 5.26 Å². The van der Waals surface area contributed by atoms with Gasteiger partial charge in [0.05, 0.1) is 6.07 Å². The van der Waals surface area contributed by atoms with E-state index in [0.29, 0.717) is 5.92 Å². The number of hydrogen-bond acceptors (Lipinski definition) is 3. The van der Waals surface area contributed by atoms with Crippen LogP contribution in [0.15, 0.2) is 24.3 Å². The minimum atomic E-state index is -0.426. The van der Waals surface area contributed by atoms with E-state index < -0.39 is 5.54 Å². The van der Waals surface area contributed by atoms with Gasteiger partial charge in [0, 0.05) is 17.3 Å². The number of nitrogens with one attached hydrogen (secondary N) is 1. The van der Waals surface area contributed by atoms with Gasteiger partial charge in [-0.2, -0.15) is 5.26 Å². The SMILES string of the molecule is N#CC1(Nc2ccc(Cl)cc2)CN2CCC1CC2. The molecule has 4 rings (SSSR count). The zero-order valence-corrected chi connectivity index (χ0v) is 11.0. The molecule has 2 bridgehead atoms. The van der Waals surface area contributed by atoms with Crippen LogP contribution < -0.4 is 5.32 Å². The lowest BCUT2D eigenvalue weighted by Gasteiger charge is -2.50. The van der Waals surface area contributed by atoms with Gasteiger partial charge >= 0.3 is 0 Å². The summed E-state index contributed by atoms with van der Waals surface area (Å²) in [6.45, 7) is 3.10. The Balaban J connectivity index is 1.85. The Labute approximate surface area is 112 Å². The Kier molecular flexibility index (Phi) is 2.93. The number of anilines is 1. The van der Waals surface area contributed by atoms with Crippen LogP contribution in [0.1, 0.15) is 12.8 Å². The Morgan fingerprint density at radius 2 is 1.94 bits per heavy atom. The second kappa shape index (κ2) is 4.46. The summed E-state index contributed by atoms with van der Waals surface area (Å²) in [5.41, 5.74) is 0.555. The first-order chi connectivity index (χ1) is 8.72. The number of nitrogens with zero attached hydrogens (tertiary/aromatic N) is 2. The fourth-order valence-electron chi connectivity index (χ4n) is 3.15. The van der Waals surface area contributed by atoms with Crippen LogP contribution in [-0.2, 0) is 0 Å². The zero-order valence-electron chi connectivity index (χ0n) is 10.2. The van der Waals surface area contributed by atoms with E-state index in [2.05, 4.69) is 16.3 Å². The van der Waals surface area contributed by atoms with Gasteiger partial charge in [0.15, 0.2) is 0 Å². The molecular weight excluding hydrogens is 246 g/mol. The summed E-state index contributed by atoms with van der Waals surface area (Å²) in [6, 6.07) is 10.1. The Morgan fingerprint density at radius 3 is 2.44 bits per heavy atom. The molecule has 1 N–H and O–H groups in total. The van der Waals surface area contributed by atoms with Gasteiger partial charge in [0.1, 0.15) is 5.54 Å². The van der Waals surface area contributed by atoms with Crippen molar-refractivity contribution in [3.05, 3.63) is 29.3 Å². The van der Waals surface area contributed by atoms with Crippen molar-refractivity contribution >= 4 is 17.3 Å². The topological polar surface area (TPSA) is 39.1 Å². The fourth-order valence-corrected chi connectivity index (χ4v) is 3.28. The van der Waals surface area contributed by atoms with Crippen LogP contribution in [0.3, 0.4) is 0 Å². The minimum absolute atomic E-state index is 0.426. The molecule has 0 aromatic heterocycles. The van der Waals surface area contributed by atoms with Crippen molar-refractivity contribution in [2.45, 2.75) is 18.4 Å². The summed E-state index contributed by atoms with van der Waals surface area (Å²) in [5.74, 6) is 0.461. The molecule has 0 aliphatic carbocycles. The molecule has 18 heavy (non-hydrogen) atoms. The van der Waals surface area contributed by atoms with E-state index in [4.69, 9.17) is 11.6 Å². The molecule has 3 heterocycles. The number of piperidine rings is 3. The van der Waals surface area contributed by atoms with Gasteiger partial charge in [-0.1, -0.05) is 11.6 Å². The number of nitriles is 1. The lowest BCUT2D eigenvalue weighted by molar-refractivity contribution is 0.0675. The van der Waals surface area contributed by atoms with Crippen LogP contribution in [0.5, 0.6) is 0 Å². The van der Waals surface area contributed by atoms with Crippen molar-refractivity contribution in [2.75, 3.05) is 25.0 Å². The number of halogens is 1. The molecule has 0 radical (unpaired) electrons. The van der Waals surface area contributed by atoms with Gasteiger partial charge < -0.3 is 5.32 Å². The standard InChI is InChI=1S/C14H16ClN3/c15-12-1-3-13(4-2-12)17-14(9-16)10-18-7-5-11(14)6-8-18/h1-4,11,17H,5-8,10H2. The summed E-state index contributed by atoms with van der Waals surface area (Å²) in [7, 11) is 0. The third-order valence-corrected chi connectivity index (χ3v) is 4.42. The highest BCUT2D eigenvalue weighted by atomic mass is 35.5. The summed E-state index contributed by atoms with van der Waals surface area (Å²) < 4.78 is 0. The van der Waals surface area contributed by atoms with Crippen LogP contribution >= 0.6 is 11.6 Å². The predicted octanol–water partition coefficient (Wildman–Crippen LogP) is 2.74. The van der Waals surface area contributed by atoms with Crippen LogP contribution in [0, 0.1) is 17.2 Å². The molecule has 3 aliphatic rings. The van der Waals surface area contributed by atoms with E-state index in [-0.39, 0.29) is 0 Å². The zero-order chi connectivity index (χ0) is 12.6. The highest BCUT2D eigenvalue weighted by Crippen LogP contribution is 2.37. The summed E-state index contributed by atoms with van der Waals surface area (Å²) in [5, 5.41) is 13.8. The maximum Gasteiger partial charge on any atom is 0.141 e. The largest absolute Gasteiger partial charge is 0.366 e. The maximum absolute atomic E-state index is 9.61. The van der Waals surface area contributed by atoms with E-state index in [1.165, 1.54) is 0 Å². The molecule has 0 amide bonds. The average molecular weight is 262 g/mol. The number of rotatable bonds is 2. The molecule has 3 saturated heterocycles. The third kappa shape index (κ3) is 1.96. The van der Waals surface area contributed by atoms with Crippen LogP contribution in [-0.4, -0.2) is 30.1 Å². The van der Waals surface area contributed by atoms with Crippen molar-refractivity contribution < 1.29 is 0 Å². The molecule has 94 valence electrons. The fraction of sp³-hybridized carbons (Fsp3) is 0.500. The molecule has 3 fully saturated rings. The first-order valence-electron chi connectivity index (χ1n) is 6.39. The van der Waals surface area contributed by atoms with Crippen molar-refractivity contribution in [1.29, 1.82) is 5.26 Å². The number of hydrogen-bond donors (Lipinski definition) is 1. The molecule has 1 aromatic carbocycles. The van der Waals surface area contributed by atoms with E-state index in [1.54, 1.807) is 0 Å². The smallest absolute Gasteiger partial charge is 0.141 e. The van der Waals surface area contributed by atoms with Crippen molar-refractivity contribution in [3.63, 3.8) is 0 Å². The lowest BCUT2D eigenvalue weighted by Crippen LogP contribution is -2.62. The second-order valence-electron chi connectivity index (χ2n) is 5.27. The number of fused-ring (bicyclic) bond motifs is 3. The highest BCUT2D eigenvalue weighted by molar-refractivity contribution is 6.30. The molecule has 0 saturated carbocycles. The van der Waals surface area contributed by atoms with E-state index in [0.717, 1.165) is 43.2 Å². The first-order valence-corrected chi connectivity index (χ1v) is 6.77. The van der Waals surface area contributed by atoms with Gasteiger partial charge in [-0.05, 0) is 56.1 Å². The van der Waals surface area contributed by atoms with Crippen LogP contribution in [0.2, 0.25) is 5.02 Å². The maximum atomic E-state index is 9.61. The van der Waals surface area contributed by atoms with Gasteiger partial charge in [0.25, 0.3) is 0 Å². The van der Waals surface area contributed by atoms with Gasteiger partial charge in [0.2, 0.25) is 0 Å². The Morgan fingerprint density at radius 1 is 1.28 bits per heavy atom. The molecule has 4 heteroatoms. The van der Waals surface area contributed by atoms with Gasteiger partial charge in [-0.15, -0.1) is 0 Å². The molecule has 3 nitrogen and oxygen atoms in total. The van der Waals surface area contributed by atoms with Crippen molar-refractivity contribution in [2.24, 2.45) is 5.92 Å². The van der Waals surface area contributed by atoms with Gasteiger partial charge in [-0.25, -0.2) is 0 Å². The Hall–Kier alpha value is -1.24. The summed E-state index contributed by atoms with van der Waals surface area (Å²) in [6.07, 6.45) is 2.24. The predicted molar refractivity (Wildman–Crippen MR) is 72.6 cm³/mol. The highest BCUT2D eigenvalue weighted by Gasteiger charge is 2.47. The van der Waals surface area contributed by atoms with E-state index >= 15 is 0 Å². The lowest BCUT2D eigenvalue weighted by atomic mass is 9.73. The average Bonchev–Trinajstić information content (AvgIpc) is 2.43. The molecule has 1 unspecified atom stereocenters. The molecule has 0 spiro atoms. The molecular formula is C14H16ClN3. The van der Waals surface area contributed by atoms with Crippen LogP contribution in [0.4, 0.5) is 5.69 Å². The summed E-state index contributed by atoms with van der Waals surface area (Å²) >= 11 is 5.88. The minimum Gasteiger partial charge on any atom is -0.366 e. The Bertz CT molecular complexity index is 471. The molecule has 1 atom stereocenters. The first kappa shape index (κ1) is 11.8. The monoisotopic (exact) mass is 261 g/mol. The van der Waals surface area contributed by atoms with Crippen LogP contribution in [0.25, 0.3) is 0 Å². The van der Waals surface area contributed by atoms with Gasteiger partial charge in [-0.3, -0.25) is 4.90 Å². The quantitative estimate of drug-likeness (QED) is 0.890. The molecule has 1 aromatic rings. The third-order valence-electron chi connectivity index (χ3n) is 4.17. The normalized spacial score (nSPS) is 34.0. The second-order valence-corrected chi connectivity index (χ2v) is 5.70. The van der Waals surface area contributed by atoms with E-state index in [1.807, 2.05) is 24.3 Å². The molecule has 3 aliphatic heterocycles. The summed E-state index contributed by atoms with van der Waals surface area (Å²) in [4.78, 5) is 2.38. The van der Waals surface area contributed by atoms with Crippen molar-refractivity contribution in [1.82, 2.24) is 4.90 Å². The number of benzene rings is 1.